The highest BCUT2D eigenvalue weighted by molar-refractivity contribution is 9.10. The van der Waals surface area contributed by atoms with Gasteiger partial charge < -0.3 is 15.1 Å². The van der Waals surface area contributed by atoms with Gasteiger partial charge in [0, 0.05) is 23.6 Å². The highest BCUT2D eigenvalue weighted by Gasteiger charge is 2.32. The molecule has 7 nitrogen and oxygen atoms in total. The van der Waals surface area contributed by atoms with Gasteiger partial charge in [-0.25, -0.2) is 4.68 Å². The zero-order valence-electron chi connectivity index (χ0n) is 16.2. The van der Waals surface area contributed by atoms with Gasteiger partial charge in [0.1, 0.15) is 6.10 Å². The molecule has 2 heterocycles. The lowest BCUT2D eigenvalue weighted by atomic mass is 9.99. The fourth-order valence-electron chi connectivity index (χ4n) is 3.67. The van der Waals surface area contributed by atoms with E-state index >= 15 is 0 Å². The Bertz CT molecular complexity index is 1110. The lowest BCUT2D eigenvalue weighted by molar-refractivity contribution is -0.147. The molecule has 0 fully saturated rings. The minimum Gasteiger partial charge on any atom is -0.384 e. The molecule has 2 atom stereocenters. The predicted octanol–water partition coefficient (Wildman–Crippen LogP) is 1.97. The average molecular weight is 472 g/mol. The lowest BCUT2D eigenvalue weighted by Crippen LogP contribution is -2.44. The summed E-state index contributed by atoms with van der Waals surface area (Å²) in [5.74, 6) is -0.557. The van der Waals surface area contributed by atoms with Crippen molar-refractivity contribution in [3.8, 4) is 0 Å². The summed E-state index contributed by atoms with van der Waals surface area (Å²) in [5.41, 5.74) is 2.87. The summed E-state index contributed by atoms with van der Waals surface area (Å²) in [7, 11) is 0. The number of fused-ring (bicyclic) bond motifs is 1. The van der Waals surface area contributed by atoms with Gasteiger partial charge in [0.05, 0.1) is 12.2 Å². The Balaban J connectivity index is 1.46. The van der Waals surface area contributed by atoms with Crippen LogP contribution in [0, 0.1) is 0 Å². The Morgan fingerprint density at radius 1 is 1.10 bits per heavy atom. The minimum absolute atomic E-state index is 0.107. The third-order valence-corrected chi connectivity index (χ3v) is 5.90. The Kier molecular flexibility index (Phi) is 5.90. The molecule has 3 aromatic rings. The summed E-state index contributed by atoms with van der Waals surface area (Å²) in [6, 6.07) is 16.6. The molecule has 1 aliphatic heterocycles. The van der Waals surface area contributed by atoms with Crippen LogP contribution >= 0.6 is 15.9 Å². The van der Waals surface area contributed by atoms with E-state index in [2.05, 4.69) is 21.0 Å². The highest BCUT2D eigenvalue weighted by atomic mass is 79.9. The van der Waals surface area contributed by atoms with Crippen LogP contribution in [-0.4, -0.2) is 43.4 Å². The molecule has 0 radical (unpaired) electrons. The van der Waals surface area contributed by atoms with E-state index in [0.29, 0.717) is 19.5 Å². The van der Waals surface area contributed by atoms with Crippen molar-refractivity contribution in [2.24, 2.45) is 0 Å². The van der Waals surface area contributed by atoms with E-state index in [-0.39, 0.29) is 17.8 Å². The molecule has 2 aromatic carbocycles. The maximum absolute atomic E-state index is 12.7. The third kappa shape index (κ3) is 4.26. The number of carbonyl (C=O) groups is 1. The number of aromatic amines is 1. The zero-order valence-corrected chi connectivity index (χ0v) is 17.7. The maximum atomic E-state index is 12.7. The van der Waals surface area contributed by atoms with E-state index in [1.54, 1.807) is 0 Å². The second kappa shape index (κ2) is 8.59. The molecule has 0 aliphatic carbocycles. The van der Waals surface area contributed by atoms with E-state index in [1.807, 2.05) is 48.5 Å². The van der Waals surface area contributed by atoms with Gasteiger partial charge in [0.15, 0.2) is 6.10 Å². The van der Waals surface area contributed by atoms with Crippen molar-refractivity contribution >= 4 is 21.8 Å². The summed E-state index contributed by atoms with van der Waals surface area (Å²) >= 11 is 3.37. The van der Waals surface area contributed by atoms with E-state index in [4.69, 9.17) is 0 Å². The smallest absolute Gasteiger partial charge is 0.267 e. The monoisotopic (exact) mass is 471 g/mol. The topological polar surface area (TPSA) is 98.6 Å². The first-order chi connectivity index (χ1) is 14.4. The standard InChI is InChI=1S/C22H22BrN3O4/c23-17-7-5-14(6-8-17)12-26-19(27)11-18(24-26)20(28)21(29)22(30)25-10-9-15-3-1-2-4-16(15)13-25/h1-8,11,20-21,24,28-29H,9-10,12-13H2. The SMILES string of the molecule is O=C(C(O)C(O)c1cc(=O)n(Cc2ccc(Br)cc2)[nH]1)N1CCc2ccccc2C1. The van der Waals surface area contributed by atoms with Crippen LogP contribution in [0.1, 0.15) is 28.5 Å². The Morgan fingerprint density at radius 2 is 1.80 bits per heavy atom. The zero-order chi connectivity index (χ0) is 21.3. The number of hydrogen-bond donors (Lipinski definition) is 3. The van der Waals surface area contributed by atoms with Gasteiger partial charge in [0.25, 0.3) is 11.5 Å². The number of aliphatic hydroxyl groups is 2. The maximum Gasteiger partial charge on any atom is 0.267 e. The van der Waals surface area contributed by atoms with Crippen molar-refractivity contribution in [2.45, 2.75) is 31.7 Å². The number of nitrogens with one attached hydrogen (secondary N) is 1. The molecule has 1 aliphatic rings. The molecule has 156 valence electrons. The molecule has 30 heavy (non-hydrogen) atoms. The van der Waals surface area contributed by atoms with Crippen LogP contribution in [0.15, 0.2) is 63.9 Å². The van der Waals surface area contributed by atoms with Crippen LogP contribution in [0.25, 0.3) is 0 Å². The van der Waals surface area contributed by atoms with E-state index in [1.165, 1.54) is 21.2 Å². The molecular weight excluding hydrogens is 450 g/mol. The highest BCUT2D eigenvalue weighted by Crippen LogP contribution is 2.22. The first-order valence-electron chi connectivity index (χ1n) is 9.68. The number of nitrogens with zero attached hydrogens (tertiary/aromatic N) is 2. The first kappa shape index (κ1) is 20.6. The van der Waals surface area contributed by atoms with Crippen LogP contribution in [0.2, 0.25) is 0 Å². The Morgan fingerprint density at radius 3 is 2.53 bits per heavy atom. The van der Waals surface area contributed by atoms with Crippen molar-refractivity contribution in [1.82, 2.24) is 14.7 Å². The van der Waals surface area contributed by atoms with Crippen LogP contribution in [-0.2, 0) is 24.3 Å². The number of rotatable bonds is 5. The van der Waals surface area contributed by atoms with Gasteiger partial charge in [-0.1, -0.05) is 52.3 Å². The molecule has 0 saturated carbocycles. The minimum atomic E-state index is -1.66. The number of H-pyrrole nitrogens is 1. The van der Waals surface area contributed by atoms with E-state index < -0.39 is 18.1 Å². The number of aromatic nitrogens is 2. The third-order valence-electron chi connectivity index (χ3n) is 5.38. The van der Waals surface area contributed by atoms with Gasteiger partial charge in [-0.05, 0) is 35.2 Å². The van der Waals surface area contributed by atoms with E-state index in [0.717, 1.165) is 15.6 Å². The summed E-state index contributed by atoms with van der Waals surface area (Å²) in [5, 5.41) is 23.8. The molecule has 0 saturated heterocycles. The second-order valence-electron chi connectivity index (χ2n) is 7.43. The molecule has 1 aromatic heterocycles. The van der Waals surface area contributed by atoms with Crippen molar-refractivity contribution in [3.63, 3.8) is 0 Å². The van der Waals surface area contributed by atoms with Gasteiger partial charge in [-0.2, -0.15) is 0 Å². The largest absolute Gasteiger partial charge is 0.384 e. The van der Waals surface area contributed by atoms with Crippen LogP contribution in [0.3, 0.4) is 0 Å². The molecule has 0 spiro atoms. The molecule has 4 rings (SSSR count). The molecule has 1 amide bonds. The lowest BCUT2D eigenvalue weighted by Gasteiger charge is -2.31. The molecule has 2 unspecified atom stereocenters. The number of benzene rings is 2. The van der Waals surface area contributed by atoms with E-state index in [9.17, 15) is 19.8 Å². The first-order valence-corrected chi connectivity index (χ1v) is 10.5. The Hall–Kier alpha value is -2.68. The number of amides is 1. The van der Waals surface area contributed by atoms with Crippen LogP contribution < -0.4 is 5.56 Å². The molecule has 8 heteroatoms. The van der Waals surface area contributed by atoms with Crippen LogP contribution in [0.4, 0.5) is 0 Å². The normalized spacial score (nSPS) is 15.5. The summed E-state index contributed by atoms with van der Waals surface area (Å²) in [6.07, 6.45) is -2.48. The number of halogens is 1. The van der Waals surface area contributed by atoms with Crippen molar-refractivity contribution < 1.29 is 15.0 Å². The van der Waals surface area contributed by atoms with Gasteiger partial charge in [-0.15, -0.1) is 0 Å². The van der Waals surface area contributed by atoms with Crippen LogP contribution in [0.5, 0.6) is 0 Å². The fourth-order valence-corrected chi connectivity index (χ4v) is 3.94. The number of carbonyl (C=O) groups excluding carboxylic acids is 1. The van der Waals surface area contributed by atoms with Gasteiger partial charge >= 0.3 is 0 Å². The molecule has 3 N–H and O–H groups in total. The number of hydrogen-bond acceptors (Lipinski definition) is 4. The molecular formula is C22H22BrN3O4. The summed E-state index contributed by atoms with van der Waals surface area (Å²) < 4.78 is 2.26. The summed E-state index contributed by atoms with van der Waals surface area (Å²) in [6.45, 7) is 1.15. The van der Waals surface area contributed by atoms with Crippen molar-refractivity contribution in [1.29, 1.82) is 0 Å². The molecule has 0 bridgehead atoms. The van der Waals surface area contributed by atoms with Crippen molar-refractivity contribution in [3.05, 3.63) is 91.8 Å². The summed E-state index contributed by atoms with van der Waals surface area (Å²) in [4.78, 5) is 26.6. The average Bonchev–Trinajstić information content (AvgIpc) is 3.13. The van der Waals surface area contributed by atoms with Crippen molar-refractivity contribution in [2.75, 3.05) is 6.54 Å². The quantitative estimate of drug-likeness (QED) is 0.529. The second-order valence-corrected chi connectivity index (χ2v) is 8.35. The van der Waals surface area contributed by atoms with Gasteiger partial charge in [-0.3, -0.25) is 14.7 Å². The fraction of sp³-hybridized carbons (Fsp3) is 0.273. The Labute approximate surface area is 181 Å². The van der Waals surface area contributed by atoms with Gasteiger partial charge in [0.2, 0.25) is 0 Å². The predicted molar refractivity (Wildman–Crippen MR) is 115 cm³/mol. The number of aliphatic hydroxyl groups excluding tert-OH is 2.